The molecule has 7 heteroatoms. The molecule has 130 valence electrons. The smallest absolute Gasteiger partial charge is 0.250 e. The topological polar surface area (TPSA) is 85.4 Å². The van der Waals surface area contributed by atoms with Crippen molar-refractivity contribution in [2.75, 3.05) is 31.6 Å². The zero-order valence-corrected chi connectivity index (χ0v) is 14.0. The second kappa shape index (κ2) is 8.14. The van der Waals surface area contributed by atoms with Gasteiger partial charge in [0.05, 0.1) is 18.4 Å². The average molecular weight is 340 g/mol. The minimum atomic E-state index is -0.145. The molecule has 2 N–H and O–H groups in total. The molecule has 0 aliphatic carbocycles. The Balaban J connectivity index is 1.55. The third-order valence-corrected chi connectivity index (χ3v) is 3.58. The van der Waals surface area contributed by atoms with Crippen molar-refractivity contribution in [3.63, 3.8) is 0 Å². The maximum absolute atomic E-state index is 12.3. The first-order chi connectivity index (χ1) is 12.3. The van der Waals surface area contributed by atoms with Crippen LogP contribution in [0.2, 0.25) is 0 Å². The molecule has 3 rings (SSSR count). The Kier molecular flexibility index (Phi) is 5.46. The quantitative estimate of drug-likeness (QED) is 0.749. The molecule has 2 aromatic rings. The van der Waals surface area contributed by atoms with E-state index in [1.165, 1.54) is 0 Å². The number of nitrogens with zero attached hydrogens (tertiary/aromatic N) is 2. The minimum Gasteiger partial charge on any atom is -0.490 e. The SMILES string of the molecule is CCOc1cccc2c1OCC(C(=O)NCCNc1cnccn1)=C2. The summed E-state index contributed by atoms with van der Waals surface area (Å²) in [4.78, 5) is 20.4. The summed E-state index contributed by atoms with van der Waals surface area (Å²) in [6, 6.07) is 5.65. The molecule has 0 bridgehead atoms. The summed E-state index contributed by atoms with van der Waals surface area (Å²) in [5, 5.41) is 5.95. The second-order valence-corrected chi connectivity index (χ2v) is 5.34. The molecule has 0 unspecified atom stereocenters. The average Bonchev–Trinajstić information content (AvgIpc) is 2.66. The third-order valence-electron chi connectivity index (χ3n) is 3.58. The second-order valence-electron chi connectivity index (χ2n) is 5.34. The number of carbonyl (C=O) groups excluding carboxylic acids is 1. The Morgan fingerprint density at radius 1 is 1.32 bits per heavy atom. The summed E-state index contributed by atoms with van der Waals surface area (Å²) >= 11 is 0. The van der Waals surface area contributed by atoms with Gasteiger partial charge in [-0.15, -0.1) is 0 Å². The van der Waals surface area contributed by atoms with E-state index >= 15 is 0 Å². The highest BCUT2D eigenvalue weighted by Crippen LogP contribution is 2.35. The van der Waals surface area contributed by atoms with Crippen LogP contribution in [0.25, 0.3) is 6.08 Å². The lowest BCUT2D eigenvalue weighted by Crippen LogP contribution is -2.32. The summed E-state index contributed by atoms with van der Waals surface area (Å²) in [5.74, 6) is 1.91. The lowest BCUT2D eigenvalue weighted by Gasteiger charge is -2.20. The number of anilines is 1. The van der Waals surface area contributed by atoms with E-state index in [1.807, 2.05) is 31.2 Å². The van der Waals surface area contributed by atoms with E-state index in [-0.39, 0.29) is 12.5 Å². The Labute approximate surface area is 146 Å². The van der Waals surface area contributed by atoms with Crippen LogP contribution in [-0.2, 0) is 4.79 Å². The highest BCUT2D eigenvalue weighted by atomic mass is 16.5. The van der Waals surface area contributed by atoms with Gasteiger partial charge in [0.15, 0.2) is 11.5 Å². The largest absolute Gasteiger partial charge is 0.490 e. The number of hydrogen-bond donors (Lipinski definition) is 2. The van der Waals surface area contributed by atoms with Gasteiger partial charge in [0.25, 0.3) is 5.91 Å². The lowest BCUT2D eigenvalue weighted by molar-refractivity contribution is -0.117. The Bertz CT molecular complexity index is 762. The van der Waals surface area contributed by atoms with Gasteiger partial charge in [-0.25, -0.2) is 4.98 Å². The maximum Gasteiger partial charge on any atom is 0.250 e. The molecule has 0 saturated heterocycles. The van der Waals surface area contributed by atoms with E-state index in [1.54, 1.807) is 18.6 Å². The van der Waals surface area contributed by atoms with Crippen molar-refractivity contribution >= 4 is 17.8 Å². The number of para-hydroxylation sites is 1. The van der Waals surface area contributed by atoms with Gasteiger partial charge >= 0.3 is 0 Å². The maximum atomic E-state index is 12.3. The van der Waals surface area contributed by atoms with Crippen molar-refractivity contribution in [3.05, 3.63) is 47.9 Å². The van der Waals surface area contributed by atoms with Crippen LogP contribution < -0.4 is 20.1 Å². The summed E-state index contributed by atoms with van der Waals surface area (Å²) in [7, 11) is 0. The van der Waals surface area contributed by atoms with Crippen molar-refractivity contribution < 1.29 is 14.3 Å². The molecule has 1 aromatic carbocycles. The molecule has 1 aromatic heterocycles. The third kappa shape index (κ3) is 4.26. The van der Waals surface area contributed by atoms with Crippen LogP contribution in [0.5, 0.6) is 11.5 Å². The fraction of sp³-hybridized carbons (Fsp3) is 0.278. The van der Waals surface area contributed by atoms with Gasteiger partial charge in [-0.3, -0.25) is 9.78 Å². The van der Waals surface area contributed by atoms with Crippen LogP contribution >= 0.6 is 0 Å². The van der Waals surface area contributed by atoms with Crippen molar-refractivity contribution in [2.24, 2.45) is 0 Å². The van der Waals surface area contributed by atoms with E-state index in [4.69, 9.17) is 9.47 Å². The molecule has 0 spiro atoms. The van der Waals surface area contributed by atoms with Crippen LogP contribution in [-0.4, -0.2) is 42.2 Å². The number of rotatable bonds is 7. The molecule has 2 heterocycles. The standard InChI is InChI=1S/C18H20N4O3/c1-2-24-15-5-3-4-13-10-14(12-25-17(13)15)18(23)22-9-8-21-16-11-19-6-7-20-16/h3-7,10-11H,2,8-9,12H2,1H3,(H,20,21)(H,22,23). The first kappa shape index (κ1) is 16.8. The van der Waals surface area contributed by atoms with E-state index in [9.17, 15) is 4.79 Å². The monoisotopic (exact) mass is 340 g/mol. The molecule has 1 amide bonds. The number of ether oxygens (including phenoxy) is 2. The molecule has 25 heavy (non-hydrogen) atoms. The number of aromatic nitrogens is 2. The van der Waals surface area contributed by atoms with Crippen LogP contribution in [0.1, 0.15) is 12.5 Å². The van der Waals surface area contributed by atoms with Gasteiger partial charge in [-0.1, -0.05) is 12.1 Å². The molecular weight excluding hydrogens is 320 g/mol. The van der Waals surface area contributed by atoms with Gasteiger partial charge in [0.2, 0.25) is 0 Å². The van der Waals surface area contributed by atoms with Gasteiger partial charge in [0, 0.05) is 31.0 Å². The van der Waals surface area contributed by atoms with Crippen LogP contribution in [0, 0.1) is 0 Å². The molecule has 1 aliphatic heterocycles. The van der Waals surface area contributed by atoms with Crippen molar-refractivity contribution in [2.45, 2.75) is 6.92 Å². The highest BCUT2D eigenvalue weighted by molar-refractivity contribution is 5.99. The zero-order chi connectivity index (χ0) is 17.5. The Hall–Kier alpha value is -3.09. The highest BCUT2D eigenvalue weighted by Gasteiger charge is 2.19. The number of carbonyl (C=O) groups is 1. The van der Waals surface area contributed by atoms with Crippen LogP contribution in [0.3, 0.4) is 0 Å². The lowest BCUT2D eigenvalue weighted by atomic mass is 10.1. The molecule has 0 atom stereocenters. The first-order valence-electron chi connectivity index (χ1n) is 8.15. The number of amides is 1. The summed E-state index contributed by atoms with van der Waals surface area (Å²) in [6.45, 7) is 3.74. The predicted octanol–water partition coefficient (Wildman–Crippen LogP) is 1.88. The fourth-order valence-electron chi connectivity index (χ4n) is 2.45. The van der Waals surface area contributed by atoms with Gasteiger partial charge in [0.1, 0.15) is 12.4 Å². The van der Waals surface area contributed by atoms with Gasteiger partial charge in [-0.05, 0) is 19.1 Å². The first-order valence-corrected chi connectivity index (χ1v) is 8.15. The minimum absolute atomic E-state index is 0.145. The van der Waals surface area contributed by atoms with E-state index in [2.05, 4.69) is 20.6 Å². The predicted molar refractivity (Wildman–Crippen MR) is 94.6 cm³/mol. The van der Waals surface area contributed by atoms with E-state index < -0.39 is 0 Å². The fourth-order valence-corrected chi connectivity index (χ4v) is 2.45. The molecular formula is C18H20N4O3. The van der Waals surface area contributed by atoms with Crippen LogP contribution in [0.15, 0.2) is 42.4 Å². The Morgan fingerprint density at radius 3 is 3.04 bits per heavy atom. The van der Waals surface area contributed by atoms with Crippen LogP contribution in [0.4, 0.5) is 5.82 Å². The normalized spacial score (nSPS) is 12.4. The molecule has 0 saturated carbocycles. The summed E-state index contributed by atoms with van der Waals surface area (Å²) in [6.07, 6.45) is 6.69. The Morgan fingerprint density at radius 2 is 2.24 bits per heavy atom. The molecule has 0 fully saturated rings. The van der Waals surface area contributed by atoms with E-state index in [0.717, 1.165) is 5.56 Å². The number of nitrogens with one attached hydrogen (secondary N) is 2. The summed E-state index contributed by atoms with van der Waals surface area (Å²) < 4.78 is 11.3. The summed E-state index contributed by atoms with van der Waals surface area (Å²) in [5.41, 5.74) is 1.43. The molecule has 1 aliphatic rings. The van der Waals surface area contributed by atoms with Gasteiger partial charge < -0.3 is 20.1 Å². The number of benzene rings is 1. The number of fused-ring (bicyclic) bond motifs is 1. The van der Waals surface area contributed by atoms with Crippen molar-refractivity contribution in [1.82, 2.24) is 15.3 Å². The van der Waals surface area contributed by atoms with Crippen molar-refractivity contribution in [3.8, 4) is 11.5 Å². The molecule has 0 radical (unpaired) electrons. The van der Waals surface area contributed by atoms with E-state index in [0.29, 0.717) is 42.6 Å². The number of hydrogen-bond acceptors (Lipinski definition) is 6. The van der Waals surface area contributed by atoms with Crippen molar-refractivity contribution in [1.29, 1.82) is 0 Å². The molecule has 7 nitrogen and oxygen atoms in total. The zero-order valence-electron chi connectivity index (χ0n) is 14.0. The van der Waals surface area contributed by atoms with Gasteiger partial charge in [-0.2, -0.15) is 0 Å².